The van der Waals surface area contributed by atoms with Crippen molar-refractivity contribution in [1.29, 1.82) is 0 Å². The molecule has 0 saturated heterocycles. The van der Waals surface area contributed by atoms with Gasteiger partial charge in [-0.05, 0) is 12.3 Å². The Kier molecular flexibility index (Phi) is 6.84. The highest BCUT2D eigenvalue weighted by Crippen LogP contribution is 2.03. The van der Waals surface area contributed by atoms with Crippen LogP contribution >= 0.6 is 0 Å². The molecular weight excluding hydrogens is 150 g/mol. The molecule has 1 unspecified atom stereocenters. The lowest BCUT2D eigenvalue weighted by molar-refractivity contribution is 0.225. The molecule has 2 N–H and O–H groups in total. The summed E-state index contributed by atoms with van der Waals surface area (Å²) >= 11 is 0. The predicted octanol–water partition coefficient (Wildman–Crippen LogP) is 1.01. The van der Waals surface area contributed by atoms with Crippen molar-refractivity contribution in [3.8, 4) is 12.3 Å². The minimum Gasteiger partial charge on any atom is -0.395 e. The van der Waals surface area contributed by atoms with Gasteiger partial charge >= 0.3 is 0 Å². The molecule has 0 aromatic heterocycles. The third kappa shape index (κ3) is 6.21. The molecule has 0 aliphatic carbocycles. The van der Waals surface area contributed by atoms with Crippen LogP contribution in [0.5, 0.6) is 0 Å². The SMILES string of the molecule is C#CCCNC(CO)CC(C)C. The molecule has 0 saturated carbocycles. The van der Waals surface area contributed by atoms with Gasteiger partial charge in [-0.15, -0.1) is 12.3 Å². The topological polar surface area (TPSA) is 32.3 Å². The Balaban J connectivity index is 3.47. The zero-order valence-electron chi connectivity index (χ0n) is 8.01. The van der Waals surface area contributed by atoms with E-state index in [1.54, 1.807) is 0 Å². The number of hydrogen-bond acceptors (Lipinski definition) is 2. The second kappa shape index (κ2) is 7.15. The standard InChI is InChI=1S/C10H19NO/c1-4-5-6-11-10(8-12)7-9(2)3/h1,9-12H,5-8H2,2-3H3. The second-order valence-corrected chi connectivity index (χ2v) is 3.42. The Morgan fingerprint density at radius 2 is 2.17 bits per heavy atom. The Bertz CT molecular complexity index is 137. The van der Waals surface area contributed by atoms with E-state index in [0.717, 1.165) is 19.4 Å². The first-order valence-corrected chi connectivity index (χ1v) is 4.48. The highest BCUT2D eigenvalue weighted by atomic mass is 16.3. The summed E-state index contributed by atoms with van der Waals surface area (Å²) in [6.07, 6.45) is 6.84. The summed E-state index contributed by atoms with van der Waals surface area (Å²) < 4.78 is 0. The number of rotatable bonds is 6. The zero-order valence-corrected chi connectivity index (χ0v) is 8.01. The molecule has 0 aliphatic heterocycles. The van der Waals surface area contributed by atoms with Crippen LogP contribution in [0.3, 0.4) is 0 Å². The summed E-state index contributed by atoms with van der Waals surface area (Å²) in [5.74, 6) is 3.17. The Morgan fingerprint density at radius 3 is 2.58 bits per heavy atom. The van der Waals surface area contributed by atoms with Crippen molar-refractivity contribution in [2.45, 2.75) is 32.7 Å². The fraction of sp³-hybridized carbons (Fsp3) is 0.800. The summed E-state index contributed by atoms with van der Waals surface area (Å²) in [5.41, 5.74) is 0. The fourth-order valence-corrected chi connectivity index (χ4v) is 1.14. The molecule has 0 amide bonds. The quantitative estimate of drug-likeness (QED) is 0.459. The molecule has 0 spiro atoms. The number of aliphatic hydroxyl groups excluding tert-OH is 1. The smallest absolute Gasteiger partial charge is 0.0584 e. The minimum atomic E-state index is 0.197. The monoisotopic (exact) mass is 169 g/mol. The van der Waals surface area contributed by atoms with Crippen LogP contribution in [0.4, 0.5) is 0 Å². The Morgan fingerprint density at radius 1 is 1.50 bits per heavy atom. The van der Waals surface area contributed by atoms with Crippen LogP contribution in [0.25, 0.3) is 0 Å². The van der Waals surface area contributed by atoms with Gasteiger partial charge in [0.15, 0.2) is 0 Å². The van der Waals surface area contributed by atoms with Gasteiger partial charge in [-0.25, -0.2) is 0 Å². The van der Waals surface area contributed by atoms with Crippen molar-refractivity contribution >= 4 is 0 Å². The third-order valence-corrected chi connectivity index (χ3v) is 1.68. The van der Waals surface area contributed by atoms with E-state index in [9.17, 15) is 0 Å². The highest BCUT2D eigenvalue weighted by molar-refractivity contribution is 4.84. The Labute approximate surface area is 75.4 Å². The van der Waals surface area contributed by atoms with Gasteiger partial charge in [0.25, 0.3) is 0 Å². The second-order valence-electron chi connectivity index (χ2n) is 3.42. The predicted molar refractivity (Wildman–Crippen MR) is 51.8 cm³/mol. The van der Waals surface area contributed by atoms with E-state index in [1.165, 1.54) is 0 Å². The van der Waals surface area contributed by atoms with E-state index in [4.69, 9.17) is 11.5 Å². The summed E-state index contributed by atoms with van der Waals surface area (Å²) in [5, 5.41) is 12.2. The van der Waals surface area contributed by atoms with E-state index in [1.807, 2.05) is 0 Å². The molecule has 0 rings (SSSR count). The summed E-state index contributed by atoms with van der Waals surface area (Å²) in [7, 11) is 0. The number of nitrogens with one attached hydrogen (secondary N) is 1. The third-order valence-electron chi connectivity index (χ3n) is 1.68. The van der Waals surface area contributed by atoms with Crippen LogP contribution in [0.2, 0.25) is 0 Å². The molecule has 0 fully saturated rings. The highest BCUT2D eigenvalue weighted by Gasteiger charge is 2.07. The van der Waals surface area contributed by atoms with E-state index >= 15 is 0 Å². The number of terminal acetylenes is 1. The minimum absolute atomic E-state index is 0.197. The van der Waals surface area contributed by atoms with E-state index < -0.39 is 0 Å². The van der Waals surface area contributed by atoms with Crippen molar-refractivity contribution in [1.82, 2.24) is 5.32 Å². The largest absolute Gasteiger partial charge is 0.395 e. The normalized spacial score (nSPS) is 12.9. The molecule has 1 atom stereocenters. The number of aliphatic hydroxyl groups is 1. The van der Waals surface area contributed by atoms with Crippen LogP contribution in [-0.2, 0) is 0 Å². The van der Waals surface area contributed by atoms with Gasteiger partial charge in [-0.3, -0.25) is 0 Å². The average molecular weight is 169 g/mol. The van der Waals surface area contributed by atoms with Crippen molar-refractivity contribution in [2.75, 3.05) is 13.2 Å². The van der Waals surface area contributed by atoms with Gasteiger partial charge in [0.2, 0.25) is 0 Å². The van der Waals surface area contributed by atoms with Crippen LogP contribution in [-0.4, -0.2) is 24.3 Å². The maximum absolute atomic E-state index is 8.96. The molecule has 0 radical (unpaired) electrons. The van der Waals surface area contributed by atoms with Crippen molar-refractivity contribution in [3.63, 3.8) is 0 Å². The van der Waals surface area contributed by atoms with Crippen LogP contribution in [0, 0.1) is 18.3 Å². The maximum Gasteiger partial charge on any atom is 0.0584 e. The first-order valence-electron chi connectivity index (χ1n) is 4.48. The van der Waals surface area contributed by atoms with Gasteiger partial charge in [0, 0.05) is 19.0 Å². The summed E-state index contributed by atoms with van der Waals surface area (Å²) in [4.78, 5) is 0. The van der Waals surface area contributed by atoms with Gasteiger partial charge in [0.1, 0.15) is 0 Å². The first kappa shape index (κ1) is 11.5. The Hall–Kier alpha value is -0.520. The molecule has 0 bridgehead atoms. The zero-order chi connectivity index (χ0) is 9.40. The fourth-order valence-electron chi connectivity index (χ4n) is 1.14. The molecule has 0 aliphatic rings. The maximum atomic E-state index is 8.96. The molecule has 70 valence electrons. The summed E-state index contributed by atoms with van der Waals surface area (Å²) in [6, 6.07) is 0.207. The molecule has 0 heterocycles. The molecule has 12 heavy (non-hydrogen) atoms. The average Bonchev–Trinajstić information content (AvgIpc) is 2.02. The van der Waals surface area contributed by atoms with Crippen molar-refractivity contribution in [3.05, 3.63) is 0 Å². The lowest BCUT2D eigenvalue weighted by atomic mass is 10.0. The van der Waals surface area contributed by atoms with E-state index in [-0.39, 0.29) is 12.6 Å². The molecule has 0 aromatic rings. The van der Waals surface area contributed by atoms with Crippen molar-refractivity contribution in [2.24, 2.45) is 5.92 Å². The number of hydrogen-bond donors (Lipinski definition) is 2. The molecule has 2 heteroatoms. The van der Waals surface area contributed by atoms with Gasteiger partial charge < -0.3 is 10.4 Å². The molecule has 2 nitrogen and oxygen atoms in total. The van der Waals surface area contributed by atoms with Gasteiger partial charge in [-0.1, -0.05) is 13.8 Å². The van der Waals surface area contributed by atoms with Crippen LogP contribution in [0.15, 0.2) is 0 Å². The van der Waals surface area contributed by atoms with Gasteiger partial charge in [0.05, 0.1) is 6.61 Å². The molecule has 0 aromatic carbocycles. The summed E-state index contributed by atoms with van der Waals surface area (Å²) in [6.45, 7) is 5.29. The lowest BCUT2D eigenvalue weighted by Gasteiger charge is -2.17. The lowest BCUT2D eigenvalue weighted by Crippen LogP contribution is -2.34. The van der Waals surface area contributed by atoms with Crippen LogP contribution < -0.4 is 5.32 Å². The first-order chi connectivity index (χ1) is 5.70. The van der Waals surface area contributed by atoms with E-state index in [2.05, 4.69) is 25.1 Å². The van der Waals surface area contributed by atoms with E-state index in [0.29, 0.717) is 5.92 Å². The van der Waals surface area contributed by atoms with Crippen LogP contribution in [0.1, 0.15) is 26.7 Å². The molecular formula is C10H19NO. The van der Waals surface area contributed by atoms with Gasteiger partial charge in [-0.2, -0.15) is 0 Å². The van der Waals surface area contributed by atoms with Crippen molar-refractivity contribution < 1.29 is 5.11 Å².